The normalized spacial score (nSPS) is 15.6. The lowest BCUT2D eigenvalue weighted by Gasteiger charge is -2.35. The van der Waals surface area contributed by atoms with Gasteiger partial charge in [0, 0.05) is 31.2 Å². The predicted molar refractivity (Wildman–Crippen MR) is 114 cm³/mol. The summed E-state index contributed by atoms with van der Waals surface area (Å²) in [5, 5.41) is 5.72. The van der Waals surface area contributed by atoms with Gasteiger partial charge in [0.15, 0.2) is 0 Å². The second-order valence-electron chi connectivity index (χ2n) is 7.06. The van der Waals surface area contributed by atoms with Gasteiger partial charge in [0.25, 0.3) is 0 Å². The Labute approximate surface area is 178 Å². The molecular weight excluding hydrogens is 403 g/mol. The summed E-state index contributed by atoms with van der Waals surface area (Å²) in [7, 11) is 0. The first kappa shape index (κ1) is 20.6. The van der Waals surface area contributed by atoms with Crippen molar-refractivity contribution in [3.05, 3.63) is 71.1 Å². The van der Waals surface area contributed by atoms with Gasteiger partial charge >= 0.3 is 0 Å². The van der Waals surface area contributed by atoms with E-state index in [9.17, 15) is 9.18 Å². The summed E-state index contributed by atoms with van der Waals surface area (Å²) < 4.78 is 18.8. The van der Waals surface area contributed by atoms with Crippen LogP contribution in [0.25, 0.3) is 10.7 Å². The Balaban J connectivity index is 1.39. The maximum Gasteiger partial charge on any atom is 0.226 e. The van der Waals surface area contributed by atoms with Crippen LogP contribution >= 0.6 is 11.3 Å². The molecule has 0 radical (unpaired) electrons. The smallest absolute Gasteiger partial charge is 0.226 e. The number of nitrogens with zero attached hydrogens (tertiary/aromatic N) is 3. The van der Waals surface area contributed by atoms with Crippen molar-refractivity contribution >= 4 is 17.2 Å². The predicted octanol–water partition coefficient (Wildman–Crippen LogP) is 3.08. The lowest BCUT2D eigenvalue weighted by atomic mass is 10.0. The Hall–Kier alpha value is -2.68. The van der Waals surface area contributed by atoms with Gasteiger partial charge in [-0.2, -0.15) is 0 Å². The number of pyridine rings is 1. The molecule has 1 N–H and O–H groups in total. The van der Waals surface area contributed by atoms with Crippen molar-refractivity contribution in [2.45, 2.75) is 12.5 Å². The van der Waals surface area contributed by atoms with E-state index < -0.39 is 0 Å². The highest BCUT2D eigenvalue weighted by Gasteiger charge is 2.23. The first-order valence-electron chi connectivity index (χ1n) is 9.89. The van der Waals surface area contributed by atoms with Gasteiger partial charge in [-0.15, -0.1) is 11.3 Å². The van der Waals surface area contributed by atoms with E-state index in [2.05, 4.69) is 20.2 Å². The molecule has 8 heteroatoms. The summed E-state index contributed by atoms with van der Waals surface area (Å²) in [5.41, 5.74) is 2.51. The molecule has 0 saturated carbocycles. The van der Waals surface area contributed by atoms with Gasteiger partial charge in [-0.05, 0) is 29.8 Å². The van der Waals surface area contributed by atoms with Crippen molar-refractivity contribution < 1.29 is 13.9 Å². The first-order valence-corrected chi connectivity index (χ1v) is 10.8. The summed E-state index contributed by atoms with van der Waals surface area (Å²) in [5.74, 6) is -0.357. The largest absolute Gasteiger partial charge is 0.379 e. The number of hydrogen-bond donors (Lipinski definition) is 1. The number of carbonyl (C=O) groups is 1. The molecule has 1 saturated heterocycles. The van der Waals surface area contributed by atoms with Crippen LogP contribution in [0, 0.1) is 5.82 Å². The van der Waals surface area contributed by atoms with Gasteiger partial charge in [-0.1, -0.05) is 18.2 Å². The summed E-state index contributed by atoms with van der Waals surface area (Å²) in [6.07, 6.45) is 1.94. The van der Waals surface area contributed by atoms with E-state index in [0.717, 1.165) is 35.0 Å². The van der Waals surface area contributed by atoms with E-state index in [-0.39, 0.29) is 24.2 Å². The lowest BCUT2D eigenvalue weighted by molar-refractivity contribution is -0.120. The van der Waals surface area contributed by atoms with Crippen LogP contribution < -0.4 is 5.32 Å². The van der Waals surface area contributed by atoms with E-state index in [1.807, 2.05) is 23.6 Å². The van der Waals surface area contributed by atoms with Crippen molar-refractivity contribution in [2.75, 3.05) is 32.8 Å². The number of ether oxygens (including phenoxy) is 1. The minimum Gasteiger partial charge on any atom is -0.379 e. The van der Waals surface area contributed by atoms with Crippen LogP contribution in [0.2, 0.25) is 0 Å². The molecule has 30 heavy (non-hydrogen) atoms. The maximum absolute atomic E-state index is 13.4. The highest BCUT2D eigenvalue weighted by molar-refractivity contribution is 7.13. The number of aromatic nitrogens is 2. The molecule has 6 nitrogen and oxygen atoms in total. The third kappa shape index (κ3) is 5.27. The molecule has 1 aliphatic rings. The molecule has 3 heterocycles. The van der Waals surface area contributed by atoms with Crippen LogP contribution in [0.1, 0.15) is 17.3 Å². The molecule has 3 aromatic rings. The molecule has 1 aliphatic heterocycles. The fourth-order valence-electron chi connectivity index (χ4n) is 3.46. The van der Waals surface area contributed by atoms with Crippen molar-refractivity contribution in [3.8, 4) is 10.7 Å². The number of benzene rings is 1. The monoisotopic (exact) mass is 426 g/mol. The summed E-state index contributed by atoms with van der Waals surface area (Å²) >= 11 is 1.48. The average molecular weight is 427 g/mol. The lowest BCUT2D eigenvalue weighted by Crippen LogP contribution is -2.44. The third-order valence-electron chi connectivity index (χ3n) is 5.01. The van der Waals surface area contributed by atoms with E-state index in [0.29, 0.717) is 19.8 Å². The van der Waals surface area contributed by atoms with Gasteiger partial charge in [0.1, 0.15) is 10.8 Å². The number of carbonyl (C=O) groups excluding carboxylic acids is 1. The molecule has 1 fully saturated rings. The van der Waals surface area contributed by atoms with Gasteiger partial charge in [-0.25, -0.2) is 9.37 Å². The van der Waals surface area contributed by atoms with Crippen molar-refractivity contribution in [1.29, 1.82) is 0 Å². The molecule has 0 unspecified atom stereocenters. The fourth-order valence-corrected chi connectivity index (χ4v) is 4.26. The SMILES string of the molecule is O=C(Cc1csc(-c2ccccn2)n1)NC[C@H](c1ccc(F)cc1)N1CCOCC1. The molecule has 0 aliphatic carbocycles. The second-order valence-corrected chi connectivity index (χ2v) is 7.91. The molecule has 4 rings (SSSR count). The number of thiazole rings is 1. The molecule has 1 atom stereocenters. The number of rotatable bonds is 7. The van der Waals surface area contributed by atoms with E-state index >= 15 is 0 Å². The Morgan fingerprint density at radius 2 is 2.00 bits per heavy atom. The first-order chi connectivity index (χ1) is 14.7. The molecular formula is C22H23FN4O2S. The maximum atomic E-state index is 13.4. The molecule has 1 aromatic carbocycles. The number of halogens is 1. The van der Waals surface area contributed by atoms with Crippen LogP contribution in [0.5, 0.6) is 0 Å². The van der Waals surface area contributed by atoms with Gasteiger partial charge in [0.2, 0.25) is 5.91 Å². The summed E-state index contributed by atoms with van der Waals surface area (Å²) in [6.45, 7) is 3.30. The van der Waals surface area contributed by atoms with E-state index in [4.69, 9.17) is 4.74 Å². The highest BCUT2D eigenvalue weighted by Crippen LogP contribution is 2.23. The van der Waals surface area contributed by atoms with E-state index in [1.54, 1.807) is 18.3 Å². The molecule has 0 bridgehead atoms. The Morgan fingerprint density at radius 3 is 2.73 bits per heavy atom. The standard InChI is InChI=1S/C22H23FN4O2S/c23-17-6-4-16(5-7-17)20(27-9-11-29-12-10-27)14-25-21(28)13-18-15-30-22(26-18)19-3-1-2-8-24-19/h1-8,15,20H,9-14H2,(H,25,28)/t20-/m1/s1. The number of hydrogen-bond acceptors (Lipinski definition) is 6. The van der Waals surface area contributed by atoms with Gasteiger partial charge < -0.3 is 10.1 Å². The molecule has 0 spiro atoms. The molecule has 156 valence electrons. The van der Waals surface area contributed by atoms with Crippen molar-refractivity contribution in [1.82, 2.24) is 20.2 Å². The highest BCUT2D eigenvalue weighted by atomic mass is 32.1. The third-order valence-corrected chi connectivity index (χ3v) is 5.92. The Morgan fingerprint density at radius 1 is 1.20 bits per heavy atom. The second kappa shape index (κ2) is 9.88. The topological polar surface area (TPSA) is 67.4 Å². The van der Waals surface area contributed by atoms with Crippen LogP contribution in [0.15, 0.2) is 54.0 Å². The average Bonchev–Trinajstić information content (AvgIpc) is 3.25. The minimum atomic E-state index is -0.268. The van der Waals surface area contributed by atoms with Gasteiger partial charge in [-0.3, -0.25) is 14.7 Å². The van der Waals surface area contributed by atoms with Crippen LogP contribution in [0.4, 0.5) is 4.39 Å². The Bertz CT molecular complexity index is 959. The van der Waals surface area contributed by atoms with Gasteiger partial charge in [0.05, 0.1) is 37.1 Å². The van der Waals surface area contributed by atoms with Crippen molar-refractivity contribution in [2.24, 2.45) is 0 Å². The number of nitrogens with one attached hydrogen (secondary N) is 1. The zero-order valence-corrected chi connectivity index (χ0v) is 17.3. The molecule has 1 amide bonds. The quantitative estimate of drug-likeness (QED) is 0.629. The fraction of sp³-hybridized carbons (Fsp3) is 0.318. The van der Waals surface area contributed by atoms with Crippen LogP contribution in [0.3, 0.4) is 0 Å². The number of amides is 1. The Kier molecular flexibility index (Phi) is 6.78. The van der Waals surface area contributed by atoms with E-state index in [1.165, 1.54) is 23.5 Å². The van der Waals surface area contributed by atoms with Crippen LogP contribution in [-0.4, -0.2) is 53.6 Å². The minimum absolute atomic E-state index is 0.0297. The zero-order valence-electron chi connectivity index (χ0n) is 16.5. The summed E-state index contributed by atoms with van der Waals surface area (Å²) in [6, 6.07) is 12.1. The zero-order chi connectivity index (χ0) is 20.8. The van der Waals surface area contributed by atoms with Crippen molar-refractivity contribution in [3.63, 3.8) is 0 Å². The molecule has 2 aromatic heterocycles. The summed E-state index contributed by atoms with van der Waals surface area (Å²) in [4.78, 5) is 23.7. The van der Waals surface area contributed by atoms with Crippen LogP contribution in [-0.2, 0) is 16.0 Å². The number of morpholine rings is 1.